The van der Waals surface area contributed by atoms with Crippen LogP contribution in [0.15, 0.2) is 121 Å². The Labute approximate surface area is 293 Å². The van der Waals surface area contributed by atoms with Crippen LogP contribution < -0.4 is 25.9 Å². The predicted molar refractivity (Wildman–Crippen MR) is 210 cm³/mol. The maximum Gasteiger partial charge on any atom is 0.261 e. The van der Waals surface area contributed by atoms with Crippen molar-refractivity contribution in [2.75, 3.05) is 0 Å². The molecule has 4 nitrogen and oxygen atoms in total. The molecule has 0 spiro atoms. The van der Waals surface area contributed by atoms with Crippen LogP contribution in [0.1, 0.15) is 30.5 Å². The van der Waals surface area contributed by atoms with Gasteiger partial charge in [0.15, 0.2) is 0 Å². The monoisotopic (exact) mass is 652 g/mol. The van der Waals surface area contributed by atoms with E-state index in [1.165, 1.54) is 87.5 Å². The van der Waals surface area contributed by atoms with Crippen LogP contribution in [0.5, 0.6) is 23.0 Å². The molecule has 5 heteroatoms. The van der Waals surface area contributed by atoms with Crippen molar-refractivity contribution in [3.8, 4) is 28.7 Å². The summed E-state index contributed by atoms with van der Waals surface area (Å²) in [5.41, 5.74) is 14.5. The van der Waals surface area contributed by atoms with E-state index in [4.69, 9.17) is 9.47 Å². The second-order valence-corrected chi connectivity index (χ2v) is 15.3. The molecule has 0 radical (unpaired) electrons. The minimum atomic E-state index is -0.350. The Balaban J connectivity index is 1.19. The Kier molecular flexibility index (Phi) is 4.47. The summed E-state index contributed by atoms with van der Waals surface area (Å²) >= 11 is 0. The quantitative estimate of drug-likeness (QED) is 0.165. The fraction of sp³-hybridized carbons (Fsp3) is 0.0870. The number of ether oxygens (including phenoxy) is 2. The highest BCUT2D eigenvalue weighted by atomic mass is 16.5. The zero-order valence-electron chi connectivity index (χ0n) is 28.3. The molecule has 3 aromatic heterocycles. The molecule has 3 aliphatic rings. The van der Waals surface area contributed by atoms with Crippen LogP contribution >= 0.6 is 0 Å². The van der Waals surface area contributed by atoms with Crippen molar-refractivity contribution in [2.45, 2.75) is 26.2 Å². The maximum atomic E-state index is 7.12. The summed E-state index contributed by atoms with van der Waals surface area (Å²) in [6, 6.07) is 44.5. The Bertz CT molecular complexity index is 3250. The number of benzene rings is 7. The van der Waals surface area contributed by atoms with Crippen LogP contribution in [0.25, 0.3) is 65.6 Å². The van der Waals surface area contributed by atoms with Gasteiger partial charge in [0.05, 0.1) is 38.7 Å². The molecule has 3 aliphatic heterocycles. The molecule has 13 rings (SSSR count). The molecule has 0 unspecified atom stereocenters. The Hall–Kier alpha value is -6.20. The van der Waals surface area contributed by atoms with Crippen molar-refractivity contribution in [2.24, 2.45) is 0 Å². The third-order valence-electron chi connectivity index (χ3n) is 12.5. The van der Waals surface area contributed by atoms with E-state index >= 15 is 0 Å². The highest BCUT2D eigenvalue weighted by molar-refractivity contribution is 6.99. The Morgan fingerprint density at radius 3 is 2.02 bits per heavy atom. The van der Waals surface area contributed by atoms with Gasteiger partial charge in [-0.15, -0.1) is 0 Å². The van der Waals surface area contributed by atoms with Gasteiger partial charge in [-0.05, 0) is 70.9 Å². The first-order valence-electron chi connectivity index (χ1n) is 17.9. The molecule has 0 saturated carbocycles. The topological polar surface area (TPSA) is 27.8 Å². The van der Waals surface area contributed by atoms with Crippen molar-refractivity contribution in [1.82, 2.24) is 8.97 Å². The highest BCUT2D eigenvalue weighted by Crippen LogP contribution is 2.50. The van der Waals surface area contributed by atoms with E-state index in [-0.39, 0.29) is 12.1 Å². The Morgan fingerprint density at radius 2 is 1.18 bits per heavy atom. The van der Waals surface area contributed by atoms with E-state index in [1.54, 1.807) is 0 Å². The number of nitrogens with zero attached hydrogens (tertiary/aromatic N) is 2. The van der Waals surface area contributed by atoms with Gasteiger partial charge in [0.25, 0.3) is 6.71 Å². The lowest BCUT2D eigenvalue weighted by atomic mass is 9.30. The molecule has 0 amide bonds. The van der Waals surface area contributed by atoms with Crippen LogP contribution in [0, 0.1) is 6.92 Å². The summed E-state index contributed by atoms with van der Waals surface area (Å²) in [4.78, 5) is 0. The average Bonchev–Trinajstić information content (AvgIpc) is 3.79. The lowest BCUT2D eigenvalue weighted by molar-refractivity contribution is 0.462. The molecule has 0 fully saturated rings. The highest BCUT2D eigenvalue weighted by Gasteiger charge is 2.51. The first-order chi connectivity index (χ1) is 25.0. The minimum absolute atomic E-state index is 0.0110. The van der Waals surface area contributed by atoms with Gasteiger partial charge in [0.1, 0.15) is 23.0 Å². The maximum absolute atomic E-state index is 7.12. The van der Waals surface area contributed by atoms with Gasteiger partial charge in [-0.25, -0.2) is 0 Å². The standard InChI is InChI=1S/C46H29BN2O2/c1-24-11-8-14-28-26-12-4-6-17-33(26)48(43(24)28)25-21-31-40-38(22-25)50-36-19-10-20-37-42(36)47(40)41-32(46(31,2)3)23-35-39(45(41)51-37)30-16-9-15-29-27-13-5-7-18-34(27)49(35)44(29)30/h4-23H,1-3H3. The van der Waals surface area contributed by atoms with E-state index in [2.05, 4.69) is 151 Å². The van der Waals surface area contributed by atoms with E-state index in [9.17, 15) is 0 Å². The van der Waals surface area contributed by atoms with Gasteiger partial charge in [0, 0.05) is 43.9 Å². The largest absolute Gasteiger partial charge is 0.458 e. The zero-order chi connectivity index (χ0) is 33.5. The van der Waals surface area contributed by atoms with Gasteiger partial charge < -0.3 is 18.4 Å². The molecule has 0 saturated heterocycles. The predicted octanol–water partition coefficient (Wildman–Crippen LogP) is 9.61. The SMILES string of the molecule is Cc1cccc2c3ccccc3n(-c3cc4c5c(c3)C(C)(C)c3cc6c(c7c3B5c3c(cccc3O7)O4)c3cccc4c5ccccc5n6c43)c12. The first kappa shape index (κ1) is 26.6. The van der Waals surface area contributed by atoms with Gasteiger partial charge in [-0.1, -0.05) is 92.7 Å². The smallest absolute Gasteiger partial charge is 0.261 e. The van der Waals surface area contributed by atoms with E-state index in [1.807, 2.05) is 0 Å². The number of rotatable bonds is 1. The molecular weight excluding hydrogens is 623 g/mol. The van der Waals surface area contributed by atoms with Crippen molar-refractivity contribution in [3.05, 3.63) is 138 Å². The van der Waals surface area contributed by atoms with Crippen LogP contribution in [-0.4, -0.2) is 15.7 Å². The number of para-hydroxylation sites is 4. The van der Waals surface area contributed by atoms with E-state index in [0.717, 1.165) is 34.1 Å². The van der Waals surface area contributed by atoms with Crippen molar-refractivity contribution in [3.63, 3.8) is 0 Å². The molecule has 0 aliphatic carbocycles. The molecule has 0 bridgehead atoms. The van der Waals surface area contributed by atoms with Crippen molar-refractivity contribution in [1.29, 1.82) is 0 Å². The van der Waals surface area contributed by atoms with Gasteiger partial charge in [-0.2, -0.15) is 0 Å². The summed E-state index contributed by atoms with van der Waals surface area (Å²) in [6.45, 7) is 7.02. The minimum Gasteiger partial charge on any atom is -0.458 e. The summed E-state index contributed by atoms with van der Waals surface area (Å²) in [5.74, 6) is 3.69. The molecule has 0 atom stereocenters. The lowest BCUT2D eigenvalue weighted by Gasteiger charge is -2.44. The molecule has 7 aromatic carbocycles. The average molecular weight is 653 g/mol. The summed E-state index contributed by atoms with van der Waals surface area (Å²) < 4.78 is 19.0. The Morgan fingerprint density at radius 1 is 0.529 bits per heavy atom. The molecular formula is C46H29BN2O2. The second kappa shape index (κ2) is 8.56. The normalized spacial score (nSPS) is 15.0. The lowest BCUT2D eigenvalue weighted by Crippen LogP contribution is -2.64. The third kappa shape index (κ3) is 2.92. The van der Waals surface area contributed by atoms with Crippen LogP contribution in [0.2, 0.25) is 0 Å². The number of aryl methyl sites for hydroxylation is 1. The fourth-order valence-electron chi connectivity index (χ4n) is 10.4. The number of hydrogen-bond acceptors (Lipinski definition) is 2. The number of aromatic nitrogens is 2. The zero-order valence-corrected chi connectivity index (χ0v) is 28.3. The van der Waals surface area contributed by atoms with Crippen LogP contribution in [-0.2, 0) is 5.41 Å². The molecule has 0 N–H and O–H groups in total. The van der Waals surface area contributed by atoms with Crippen LogP contribution in [0.4, 0.5) is 0 Å². The summed E-state index contributed by atoms with van der Waals surface area (Å²) in [6.07, 6.45) is 0. The second-order valence-electron chi connectivity index (χ2n) is 15.3. The number of hydrogen-bond donors (Lipinski definition) is 0. The van der Waals surface area contributed by atoms with Gasteiger partial charge in [0.2, 0.25) is 0 Å². The van der Waals surface area contributed by atoms with E-state index in [0.29, 0.717) is 0 Å². The van der Waals surface area contributed by atoms with Gasteiger partial charge >= 0.3 is 0 Å². The summed E-state index contributed by atoms with van der Waals surface area (Å²) in [7, 11) is 0. The first-order valence-corrected chi connectivity index (χ1v) is 17.9. The molecule has 51 heavy (non-hydrogen) atoms. The summed E-state index contributed by atoms with van der Waals surface area (Å²) in [5, 5.41) is 7.53. The molecule has 6 heterocycles. The van der Waals surface area contributed by atoms with E-state index < -0.39 is 0 Å². The third-order valence-corrected chi connectivity index (χ3v) is 12.5. The molecule has 238 valence electrons. The van der Waals surface area contributed by atoms with Gasteiger partial charge in [-0.3, -0.25) is 0 Å². The van der Waals surface area contributed by atoms with Crippen molar-refractivity contribution < 1.29 is 9.47 Å². The number of fused-ring (bicyclic) bond motifs is 10. The fourth-order valence-corrected chi connectivity index (χ4v) is 10.4. The van der Waals surface area contributed by atoms with Crippen molar-refractivity contribution >= 4 is 83.0 Å². The van der Waals surface area contributed by atoms with Crippen LogP contribution in [0.3, 0.4) is 0 Å². The molecule has 10 aromatic rings.